The van der Waals surface area contributed by atoms with Gasteiger partial charge in [-0.3, -0.25) is 0 Å². The highest BCUT2D eigenvalue weighted by Gasteiger charge is 2.29. The molecule has 160 valence electrons. The van der Waals surface area contributed by atoms with E-state index >= 15 is 0 Å². The van der Waals surface area contributed by atoms with Gasteiger partial charge in [-0.2, -0.15) is 14.3 Å². The first-order valence-electron chi connectivity index (χ1n) is 9.90. The highest BCUT2D eigenvalue weighted by molar-refractivity contribution is 7.89. The molecule has 4 heterocycles. The Hall–Kier alpha value is -1.95. The highest BCUT2D eigenvalue weighted by Crippen LogP contribution is 2.28. The van der Waals surface area contributed by atoms with Crippen LogP contribution in [-0.4, -0.2) is 99.6 Å². The van der Waals surface area contributed by atoms with Crippen molar-refractivity contribution >= 4 is 32.8 Å². The Morgan fingerprint density at radius 1 is 1.10 bits per heavy atom. The number of sulfonamides is 1. The first-order chi connectivity index (χ1) is 14.0. The molecule has 4 rings (SSSR count). The summed E-state index contributed by atoms with van der Waals surface area (Å²) in [6, 6.07) is 2.05. The first-order valence-corrected chi connectivity index (χ1v) is 11.5. The maximum Gasteiger partial charge on any atom is 0.229 e. The van der Waals surface area contributed by atoms with E-state index in [4.69, 9.17) is 19.4 Å². The van der Waals surface area contributed by atoms with Gasteiger partial charge in [0, 0.05) is 52.1 Å². The third-order valence-electron chi connectivity index (χ3n) is 5.36. The van der Waals surface area contributed by atoms with Crippen molar-refractivity contribution in [1.82, 2.24) is 19.3 Å². The van der Waals surface area contributed by atoms with Crippen molar-refractivity contribution in [2.45, 2.75) is 6.92 Å². The smallest absolute Gasteiger partial charge is 0.229 e. The van der Waals surface area contributed by atoms with Crippen molar-refractivity contribution in [2.24, 2.45) is 0 Å². The second kappa shape index (κ2) is 8.42. The van der Waals surface area contributed by atoms with Crippen LogP contribution in [0, 0.1) is 6.92 Å². The molecule has 0 spiro atoms. The number of aromatic nitrogens is 3. The summed E-state index contributed by atoms with van der Waals surface area (Å²) >= 11 is 0. The van der Waals surface area contributed by atoms with Gasteiger partial charge in [0.1, 0.15) is 11.5 Å². The summed E-state index contributed by atoms with van der Waals surface area (Å²) in [5.74, 6) is 1.56. The van der Waals surface area contributed by atoms with Gasteiger partial charge in [0.2, 0.25) is 16.0 Å². The Balaban J connectivity index is 1.57. The van der Waals surface area contributed by atoms with E-state index in [0.717, 1.165) is 35.6 Å². The number of hydrogen-bond acceptors (Lipinski definition) is 8. The predicted octanol–water partition coefficient (Wildman–Crippen LogP) is 0.201. The molecule has 2 fully saturated rings. The minimum absolute atomic E-state index is 0.0133. The van der Waals surface area contributed by atoms with Crippen LogP contribution in [0.15, 0.2) is 6.07 Å². The second-order valence-corrected chi connectivity index (χ2v) is 9.44. The minimum Gasteiger partial charge on any atom is -0.384 e. The summed E-state index contributed by atoms with van der Waals surface area (Å²) < 4.78 is 36.8. The molecular formula is C18H28N6O4S. The molecule has 0 unspecified atom stereocenters. The molecular weight excluding hydrogens is 396 g/mol. The molecule has 2 saturated heterocycles. The monoisotopic (exact) mass is 424 g/mol. The fraction of sp³-hybridized carbons (Fsp3) is 0.667. The Morgan fingerprint density at radius 3 is 2.52 bits per heavy atom. The molecule has 0 radical (unpaired) electrons. The summed E-state index contributed by atoms with van der Waals surface area (Å²) in [5.41, 5.74) is 1.83. The molecule has 0 saturated carbocycles. The van der Waals surface area contributed by atoms with Crippen molar-refractivity contribution in [2.75, 3.05) is 81.8 Å². The molecule has 2 aromatic heterocycles. The molecule has 0 aliphatic carbocycles. The number of hydrogen-bond donors (Lipinski definition) is 1. The summed E-state index contributed by atoms with van der Waals surface area (Å²) in [6.07, 6.45) is 0. The molecule has 2 aromatic rings. The molecule has 11 heteroatoms. The highest BCUT2D eigenvalue weighted by atomic mass is 32.2. The molecule has 2 aliphatic heterocycles. The number of anilines is 2. The third kappa shape index (κ3) is 4.32. The topological polar surface area (TPSA) is 104 Å². The fourth-order valence-electron chi connectivity index (χ4n) is 3.76. The van der Waals surface area contributed by atoms with Crippen LogP contribution in [0.3, 0.4) is 0 Å². The van der Waals surface area contributed by atoms with E-state index in [2.05, 4.69) is 20.9 Å². The summed E-state index contributed by atoms with van der Waals surface area (Å²) in [4.78, 5) is 17.2. The normalized spacial score (nSPS) is 19.2. The van der Waals surface area contributed by atoms with Crippen molar-refractivity contribution in [1.29, 1.82) is 0 Å². The van der Waals surface area contributed by atoms with E-state index < -0.39 is 10.0 Å². The number of methoxy groups -OCH3 is 1. The summed E-state index contributed by atoms with van der Waals surface area (Å²) in [6.45, 7) is 7.11. The van der Waals surface area contributed by atoms with E-state index in [0.29, 0.717) is 45.3 Å². The van der Waals surface area contributed by atoms with Crippen molar-refractivity contribution in [3.05, 3.63) is 11.8 Å². The molecule has 29 heavy (non-hydrogen) atoms. The average molecular weight is 425 g/mol. The molecule has 2 aliphatic rings. The zero-order valence-electron chi connectivity index (χ0n) is 16.9. The van der Waals surface area contributed by atoms with Gasteiger partial charge in [-0.1, -0.05) is 0 Å². The number of aromatic amines is 1. The van der Waals surface area contributed by atoms with Crippen LogP contribution in [0.25, 0.3) is 11.0 Å². The van der Waals surface area contributed by atoms with Gasteiger partial charge in [-0.05, 0) is 13.0 Å². The fourth-order valence-corrected chi connectivity index (χ4v) is 5.11. The van der Waals surface area contributed by atoms with Crippen LogP contribution in [0.2, 0.25) is 0 Å². The van der Waals surface area contributed by atoms with Crippen LogP contribution in [0.4, 0.5) is 11.8 Å². The lowest BCUT2D eigenvalue weighted by Gasteiger charge is -2.35. The number of piperazine rings is 1. The Morgan fingerprint density at radius 2 is 1.83 bits per heavy atom. The second-order valence-electron chi connectivity index (χ2n) is 7.36. The van der Waals surface area contributed by atoms with Gasteiger partial charge in [0.15, 0.2) is 0 Å². The van der Waals surface area contributed by atoms with Crippen LogP contribution in [-0.2, 0) is 19.5 Å². The maximum atomic E-state index is 12.4. The van der Waals surface area contributed by atoms with E-state index in [1.54, 1.807) is 4.31 Å². The number of aryl methyl sites for hydroxylation is 1. The third-order valence-corrected chi connectivity index (χ3v) is 7.20. The van der Waals surface area contributed by atoms with E-state index in [1.165, 1.54) is 7.11 Å². The van der Waals surface area contributed by atoms with E-state index in [1.807, 2.05) is 6.92 Å². The Bertz CT molecular complexity index is 949. The number of ether oxygens (including phenoxy) is 2. The molecule has 0 aromatic carbocycles. The van der Waals surface area contributed by atoms with Crippen LogP contribution in [0.5, 0.6) is 0 Å². The average Bonchev–Trinajstić information content (AvgIpc) is 3.12. The summed E-state index contributed by atoms with van der Waals surface area (Å²) in [5, 5.41) is 0.968. The molecule has 1 N–H and O–H groups in total. The molecule has 0 atom stereocenters. The molecule has 0 amide bonds. The molecule has 0 bridgehead atoms. The first kappa shape index (κ1) is 20.3. The Labute approximate surface area is 170 Å². The van der Waals surface area contributed by atoms with Crippen LogP contribution >= 0.6 is 0 Å². The van der Waals surface area contributed by atoms with Gasteiger partial charge in [0.25, 0.3) is 0 Å². The number of nitrogens with zero attached hydrogens (tertiary/aromatic N) is 5. The lowest BCUT2D eigenvalue weighted by Crippen LogP contribution is -2.50. The SMILES string of the molecule is COCCS(=O)(=O)N1CCN(c2nc(N3CCOCC3)nc3[nH]c(C)cc23)CC1. The van der Waals surface area contributed by atoms with Gasteiger partial charge in [0.05, 0.1) is 31.0 Å². The number of morpholine rings is 1. The lowest BCUT2D eigenvalue weighted by atomic mass is 10.3. The quantitative estimate of drug-likeness (QED) is 0.702. The van der Waals surface area contributed by atoms with Crippen molar-refractivity contribution in [3.8, 4) is 0 Å². The number of nitrogens with one attached hydrogen (secondary N) is 1. The van der Waals surface area contributed by atoms with Gasteiger partial charge in [-0.15, -0.1) is 0 Å². The number of H-pyrrole nitrogens is 1. The lowest BCUT2D eigenvalue weighted by molar-refractivity contribution is 0.122. The van der Waals surface area contributed by atoms with Gasteiger partial charge >= 0.3 is 0 Å². The van der Waals surface area contributed by atoms with Gasteiger partial charge < -0.3 is 24.3 Å². The zero-order valence-corrected chi connectivity index (χ0v) is 17.7. The van der Waals surface area contributed by atoms with Gasteiger partial charge in [-0.25, -0.2) is 8.42 Å². The predicted molar refractivity (Wildman–Crippen MR) is 111 cm³/mol. The van der Waals surface area contributed by atoms with E-state index in [9.17, 15) is 8.42 Å². The van der Waals surface area contributed by atoms with Crippen LogP contribution < -0.4 is 9.80 Å². The number of rotatable bonds is 6. The minimum atomic E-state index is -3.29. The maximum absolute atomic E-state index is 12.4. The van der Waals surface area contributed by atoms with Crippen LogP contribution in [0.1, 0.15) is 5.69 Å². The zero-order chi connectivity index (χ0) is 20.4. The standard InChI is InChI=1S/C18H28N6O4S/c1-14-13-15-16(19-14)20-18(23-7-9-28-10-8-23)21-17(15)22-3-5-24(6-4-22)29(25,26)12-11-27-2/h13H,3-12H2,1-2H3,(H,19,20,21). The Kier molecular flexibility index (Phi) is 5.91. The largest absolute Gasteiger partial charge is 0.384 e. The van der Waals surface area contributed by atoms with E-state index in [-0.39, 0.29) is 12.4 Å². The van der Waals surface area contributed by atoms with Crippen molar-refractivity contribution < 1.29 is 17.9 Å². The number of fused-ring (bicyclic) bond motifs is 1. The van der Waals surface area contributed by atoms with Crippen molar-refractivity contribution in [3.63, 3.8) is 0 Å². The summed E-state index contributed by atoms with van der Waals surface area (Å²) in [7, 11) is -1.78. The molecule has 10 nitrogen and oxygen atoms in total.